The zero-order valence-corrected chi connectivity index (χ0v) is 15.6. The zero-order chi connectivity index (χ0) is 17.6. The fraction of sp³-hybridized carbons (Fsp3) is 0.391. The molecule has 1 aromatic carbocycles. The molecular formula is C23H28N2. The molecular weight excluding hydrogens is 304 g/mol. The summed E-state index contributed by atoms with van der Waals surface area (Å²) in [6.45, 7) is 11.5. The van der Waals surface area contributed by atoms with Crippen LogP contribution in [0.15, 0.2) is 54.7 Å². The molecule has 0 amide bonds. The lowest BCUT2D eigenvalue weighted by atomic mass is 9.80. The van der Waals surface area contributed by atoms with Gasteiger partial charge >= 0.3 is 0 Å². The van der Waals surface area contributed by atoms with Gasteiger partial charge in [-0.15, -0.1) is 0 Å². The SMILES string of the molecule is C=C/C=C(\C=C/C)C1CC2CN(C)Cc3c2n(c2ccc(C)cc32)C1. The average molecular weight is 332 g/mol. The van der Waals surface area contributed by atoms with Gasteiger partial charge in [0.05, 0.1) is 0 Å². The Morgan fingerprint density at radius 2 is 2.12 bits per heavy atom. The van der Waals surface area contributed by atoms with E-state index < -0.39 is 0 Å². The summed E-state index contributed by atoms with van der Waals surface area (Å²) in [6, 6.07) is 6.97. The molecule has 0 N–H and O–H groups in total. The monoisotopic (exact) mass is 332 g/mol. The molecule has 2 heteroatoms. The maximum absolute atomic E-state index is 3.92. The number of aromatic nitrogens is 1. The van der Waals surface area contributed by atoms with Gasteiger partial charge in [-0.3, -0.25) is 0 Å². The smallest absolute Gasteiger partial charge is 0.0486 e. The van der Waals surface area contributed by atoms with E-state index in [0.29, 0.717) is 11.8 Å². The first-order valence-corrected chi connectivity index (χ1v) is 9.37. The lowest BCUT2D eigenvalue weighted by Gasteiger charge is -2.38. The number of aryl methyl sites for hydroxylation is 1. The molecule has 0 saturated heterocycles. The molecule has 2 aliphatic heterocycles. The molecule has 2 aromatic rings. The predicted octanol–water partition coefficient (Wildman–Crippen LogP) is 5.19. The Bertz CT molecular complexity index is 881. The highest BCUT2D eigenvalue weighted by atomic mass is 15.1. The first kappa shape index (κ1) is 16.4. The minimum absolute atomic E-state index is 0.558. The van der Waals surface area contributed by atoms with Gasteiger partial charge in [0.25, 0.3) is 0 Å². The first-order chi connectivity index (χ1) is 12.1. The van der Waals surface area contributed by atoms with Gasteiger partial charge in [0.15, 0.2) is 0 Å². The van der Waals surface area contributed by atoms with Crippen LogP contribution in [0.3, 0.4) is 0 Å². The number of nitrogens with zero attached hydrogens (tertiary/aromatic N) is 2. The molecule has 0 spiro atoms. The largest absolute Gasteiger partial charge is 0.343 e. The molecule has 2 atom stereocenters. The molecule has 2 aliphatic rings. The number of benzene rings is 1. The Kier molecular flexibility index (Phi) is 4.16. The van der Waals surface area contributed by atoms with Gasteiger partial charge < -0.3 is 9.47 Å². The van der Waals surface area contributed by atoms with E-state index in [4.69, 9.17) is 0 Å². The molecule has 25 heavy (non-hydrogen) atoms. The van der Waals surface area contributed by atoms with Crippen molar-refractivity contribution in [2.45, 2.75) is 39.3 Å². The fourth-order valence-electron chi connectivity index (χ4n) is 4.91. The van der Waals surface area contributed by atoms with Crippen LogP contribution >= 0.6 is 0 Å². The summed E-state index contributed by atoms with van der Waals surface area (Å²) in [6.07, 6.45) is 9.77. The maximum atomic E-state index is 3.92. The Morgan fingerprint density at radius 1 is 1.28 bits per heavy atom. The third kappa shape index (κ3) is 2.69. The fourth-order valence-corrected chi connectivity index (χ4v) is 4.91. The van der Waals surface area contributed by atoms with Gasteiger partial charge in [-0.2, -0.15) is 0 Å². The van der Waals surface area contributed by atoms with Gasteiger partial charge in [-0.05, 0) is 50.6 Å². The van der Waals surface area contributed by atoms with Crippen LogP contribution in [0.5, 0.6) is 0 Å². The van der Waals surface area contributed by atoms with E-state index >= 15 is 0 Å². The van der Waals surface area contributed by atoms with E-state index in [2.05, 4.69) is 73.4 Å². The highest BCUT2D eigenvalue weighted by Gasteiger charge is 2.36. The third-order valence-corrected chi connectivity index (χ3v) is 5.83. The van der Waals surface area contributed by atoms with E-state index in [1.165, 1.54) is 28.5 Å². The van der Waals surface area contributed by atoms with E-state index in [0.717, 1.165) is 19.6 Å². The van der Waals surface area contributed by atoms with Crippen LogP contribution in [0.2, 0.25) is 0 Å². The van der Waals surface area contributed by atoms with Crippen molar-refractivity contribution in [2.75, 3.05) is 13.6 Å². The molecule has 130 valence electrons. The van der Waals surface area contributed by atoms with E-state index in [9.17, 15) is 0 Å². The second-order valence-corrected chi connectivity index (χ2v) is 7.72. The minimum Gasteiger partial charge on any atom is -0.343 e. The zero-order valence-electron chi connectivity index (χ0n) is 15.6. The molecule has 0 aliphatic carbocycles. The number of hydrogen-bond donors (Lipinski definition) is 0. The Hall–Kier alpha value is -2.06. The van der Waals surface area contributed by atoms with Crippen LogP contribution in [-0.2, 0) is 13.1 Å². The van der Waals surface area contributed by atoms with Gasteiger partial charge in [0.2, 0.25) is 0 Å². The molecule has 0 radical (unpaired) electrons. The van der Waals surface area contributed by atoms with Gasteiger partial charge in [-0.1, -0.05) is 42.5 Å². The Morgan fingerprint density at radius 3 is 2.88 bits per heavy atom. The standard InChI is InChI=1S/C23H28N2/c1-5-7-17(8-6-2)18-12-19-13-24(4)15-21-20-11-16(3)9-10-22(20)25(14-18)23(19)21/h5-11,18-19H,1,12-15H2,2-4H3/b8-6-,17-7+. The summed E-state index contributed by atoms with van der Waals surface area (Å²) < 4.78 is 2.62. The second kappa shape index (κ2) is 6.34. The molecule has 3 heterocycles. The summed E-state index contributed by atoms with van der Waals surface area (Å²) in [5, 5.41) is 1.47. The van der Waals surface area contributed by atoms with Gasteiger partial charge in [0.1, 0.15) is 0 Å². The third-order valence-electron chi connectivity index (χ3n) is 5.83. The number of likely N-dealkylation sites (N-methyl/N-ethyl adjacent to an activating group) is 1. The highest BCUT2D eigenvalue weighted by molar-refractivity contribution is 5.87. The summed E-state index contributed by atoms with van der Waals surface area (Å²) in [4.78, 5) is 2.49. The molecule has 0 saturated carbocycles. The summed E-state index contributed by atoms with van der Waals surface area (Å²) in [7, 11) is 2.26. The average Bonchev–Trinajstić information content (AvgIpc) is 2.88. The van der Waals surface area contributed by atoms with Crippen LogP contribution in [-0.4, -0.2) is 23.1 Å². The maximum Gasteiger partial charge on any atom is 0.0486 e. The van der Waals surface area contributed by atoms with Crippen molar-refractivity contribution in [3.05, 3.63) is 71.5 Å². The van der Waals surface area contributed by atoms with Crippen LogP contribution in [0.4, 0.5) is 0 Å². The minimum atomic E-state index is 0.558. The number of rotatable bonds is 3. The molecule has 2 nitrogen and oxygen atoms in total. The second-order valence-electron chi connectivity index (χ2n) is 7.72. The van der Waals surface area contributed by atoms with Crippen molar-refractivity contribution < 1.29 is 0 Å². The van der Waals surface area contributed by atoms with E-state index in [1.807, 2.05) is 6.08 Å². The topological polar surface area (TPSA) is 8.17 Å². The number of hydrogen-bond acceptors (Lipinski definition) is 1. The summed E-state index contributed by atoms with van der Waals surface area (Å²) >= 11 is 0. The normalized spacial score (nSPS) is 24.0. The molecule has 1 aromatic heterocycles. The quantitative estimate of drug-likeness (QED) is 0.703. The summed E-state index contributed by atoms with van der Waals surface area (Å²) in [5.41, 5.74) is 7.35. The molecule has 0 fully saturated rings. The van der Waals surface area contributed by atoms with Crippen molar-refractivity contribution in [3.63, 3.8) is 0 Å². The molecule has 4 rings (SSSR count). The van der Waals surface area contributed by atoms with Gasteiger partial charge in [0, 0.05) is 48.1 Å². The number of allylic oxidation sites excluding steroid dienone is 5. The van der Waals surface area contributed by atoms with Crippen molar-refractivity contribution in [2.24, 2.45) is 5.92 Å². The van der Waals surface area contributed by atoms with Crippen molar-refractivity contribution >= 4 is 10.9 Å². The lowest BCUT2D eigenvalue weighted by molar-refractivity contribution is 0.236. The highest BCUT2D eigenvalue weighted by Crippen LogP contribution is 2.44. The Labute approximate surface area is 151 Å². The van der Waals surface area contributed by atoms with E-state index in [1.54, 1.807) is 11.3 Å². The molecule has 2 unspecified atom stereocenters. The van der Waals surface area contributed by atoms with Crippen LogP contribution < -0.4 is 0 Å². The van der Waals surface area contributed by atoms with Crippen molar-refractivity contribution in [3.8, 4) is 0 Å². The van der Waals surface area contributed by atoms with E-state index in [-0.39, 0.29) is 0 Å². The predicted molar refractivity (Wildman–Crippen MR) is 107 cm³/mol. The Balaban J connectivity index is 1.88. The van der Waals surface area contributed by atoms with Crippen LogP contribution in [0.1, 0.15) is 36.1 Å². The van der Waals surface area contributed by atoms with Crippen molar-refractivity contribution in [1.82, 2.24) is 9.47 Å². The first-order valence-electron chi connectivity index (χ1n) is 9.37. The number of fused-ring (bicyclic) bond motifs is 3. The van der Waals surface area contributed by atoms with Gasteiger partial charge in [-0.25, -0.2) is 0 Å². The van der Waals surface area contributed by atoms with Crippen molar-refractivity contribution in [1.29, 1.82) is 0 Å². The van der Waals surface area contributed by atoms with Crippen LogP contribution in [0.25, 0.3) is 10.9 Å². The lowest BCUT2D eigenvalue weighted by Crippen LogP contribution is -2.36. The summed E-state index contributed by atoms with van der Waals surface area (Å²) in [5.74, 6) is 1.18. The molecule has 0 bridgehead atoms. The van der Waals surface area contributed by atoms with Crippen LogP contribution in [0, 0.1) is 12.8 Å².